The minimum atomic E-state index is 0.581. The summed E-state index contributed by atoms with van der Waals surface area (Å²) in [5.41, 5.74) is 1.12. The van der Waals surface area contributed by atoms with Gasteiger partial charge in [0.05, 0.1) is 13.2 Å². The van der Waals surface area contributed by atoms with Crippen molar-refractivity contribution in [2.24, 2.45) is 11.8 Å². The number of likely N-dealkylation sites (tertiary alicyclic amines) is 1. The van der Waals surface area contributed by atoms with Gasteiger partial charge in [-0.25, -0.2) is 0 Å². The Kier molecular flexibility index (Phi) is 7.68. The van der Waals surface area contributed by atoms with Crippen molar-refractivity contribution in [3.8, 4) is 5.75 Å². The average Bonchev–Trinajstić information content (AvgIpc) is 2.51. The first-order valence-electron chi connectivity index (χ1n) is 8.79. The molecule has 4 heteroatoms. The topological polar surface area (TPSA) is 21.7 Å². The Labute approximate surface area is 145 Å². The Morgan fingerprint density at radius 3 is 2.57 bits per heavy atom. The molecule has 0 amide bonds. The van der Waals surface area contributed by atoms with Gasteiger partial charge in [-0.3, -0.25) is 0 Å². The van der Waals surface area contributed by atoms with E-state index in [1.165, 1.54) is 19.5 Å². The molecule has 0 unspecified atom stereocenters. The molecular weight excluding hydrogens is 310 g/mol. The molecule has 0 saturated carbocycles. The minimum absolute atomic E-state index is 0.581. The van der Waals surface area contributed by atoms with Crippen LogP contribution in [0, 0.1) is 11.8 Å². The first kappa shape index (κ1) is 18.6. The quantitative estimate of drug-likeness (QED) is 0.660. The van der Waals surface area contributed by atoms with Crippen LogP contribution in [0.25, 0.3) is 0 Å². The molecule has 2 rings (SSSR count). The fourth-order valence-corrected chi connectivity index (χ4v) is 3.65. The number of piperidine rings is 1. The Morgan fingerprint density at radius 2 is 1.87 bits per heavy atom. The molecule has 0 radical (unpaired) electrons. The van der Waals surface area contributed by atoms with Crippen LogP contribution in [0.3, 0.4) is 0 Å². The van der Waals surface area contributed by atoms with Gasteiger partial charge in [0.15, 0.2) is 0 Å². The SMILES string of the molecule is CCc1cc(OCCOCCN2C[C@@H](C)C[C@H](C)C2)ccc1Cl. The first-order chi connectivity index (χ1) is 11.1. The molecule has 1 fully saturated rings. The second kappa shape index (κ2) is 9.51. The van der Waals surface area contributed by atoms with Gasteiger partial charge in [-0.15, -0.1) is 0 Å². The number of nitrogens with zero attached hydrogens (tertiary/aromatic N) is 1. The Morgan fingerprint density at radius 1 is 1.13 bits per heavy atom. The van der Waals surface area contributed by atoms with E-state index in [9.17, 15) is 0 Å². The second-order valence-corrected chi connectivity index (χ2v) is 7.18. The average molecular weight is 340 g/mol. The maximum atomic E-state index is 6.11. The van der Waals surface area contributed by atoms with Crippen LogP contribution in [-0.4, -0.2) is 44.4 Å². The van der Waals surface area contributed by atoms with E-state index in [1.807, 2.05) is 18.2 Å². The van der Waals surface area contributed by atoms with Crippen LogP contribution in [0.5, 0.6) is 5.75 Å². The van der Waals surface area contributed by atoms with Gasteiger partial charge in [0.25, 0.3) is 0 Å². The molecule has 23 heavy (non-hydrogen) atoms. The molecule has 0 N–H and O–H groups in total. The van der Waals surface area contributed by atoms with E-state index in [2.05, 4.69) is 25.7 Å². The number of halogens is 1. The second-order valence-electron chi connectivity index (χ2n) is 6.77. The fourth-order valence-electron chi connectivity index (χ4n) is 3.40. The van der Waals surface area contributed by atoms with E-state index in [0.29, 0.717) is 13.2 Å². The minimum Gasteiger partial charge on any atom is -0.491 e. The Bertz CT molecular complexity index is 470. The van der Waals surface area contributed by atoms with Crippen molar-refractivity contribution in [3.05, 3.63) is 28.8 Å². The molecule has 3 nitrogen and oxygen atoms in total. The molecule has 1 aliphatic heterocycles. The third-order valence-electron chi connectivity index (χ3n) is 4.39. The lowest BCUT2D eigenvalue weighted by Gasteiger charge is -2.34. The highest BCUT2D eigenvalue weighted by Crippen LogP contribution is 2.22. The van der Waals surface area contributed by atoms with Gasteiger partial charge in [-0.05, 0) is 48.4 Å². The van der Waals surface area contributed by atoms with Crippen LogP contribution in [-0.2, 0) is 11.2 Å². The van der Waals surface area contributed by atoms with Crippen LogP contribution in [0.15, 0.2) is 18.2 Å². The summed E-state index contributed by atoms with van der Waals surface area (Å²) in [4.78, 5) is 2.52. The summed E-state index contributed by atoms with van der Waals surface area (Å²) in [6, 6.07) is 5.83. The van der Waals surface area contributed by atoms with E-state index in [4.69, 9.17) is 21.1 Å². The molecule has 1 aromatic rings. The summed E-state index contributed by atoms with van der Waals surface area (Å²) in [5, 5.41) is 0.807. The summed E-state index contributed by atoms with van der Waals surface area (Å²) in [5.74, 6) is 2.48. The third-order valence-corrected chi connectivity index (χ3v) is 4.76. The zero-order chi connectivity index (χ0) is 16.7. The van der Waals surface area contributed by atoms with Crippen molar-refractivity contribution in [1.82, 2.24) is 4.90 Å². The summed E-state index contributed by atoms with van der Waals surface area (Å²) in [6.45, 7) is 12.2. The number of aryl methyl sites for hydroxylation is 1. The van der Waals surface area contributed by atoms with E-state index in [1.54, 1.807) is 0 Å². The lowest BCUT2D eigenvalue weighted by atomic mass is 9.92. The standard InChI is InChI=1S/C19H30ClNO2/c1-4-17-12-18(5-6-19(17)20)23-10-9-22-8-7-21-13-15(2)11-16(3)14-21/h5-6,12,15-16H,4,7-11,13-14H2,1-3H3/t15-,16-/m0/s1. The highest BCUT2D eigenvalue weighted by Gasteiger charge is 2.21. The molecule has 0 spiro atoms. The molecule has 1 saturated heterocycles. The van der Waals surface area contributed by atoms with Gasteiger partial charge >= 0.3 is 0 Å². The largest absolute Gasteiger partial charge is 0.491 e. The first-order valence-corrected chi connectivity index (χ1v) is 9.17. The molecule has 1 aromatic carbocycles. The van der Waals surface area contributed by atoms with E-state index in [0.717, 1.165) is 47.7 Å². The lowest BCUT2D eigenvalue weighted by molar-refractivity contribution is 0.0595. The molecule has 0 bridgehead atoms. The maximum Gasteiger partial charge on any atom is 0.119 e. The summed E-state index contributed by atoms with van der Waals surface area (Å²) < 4.78 is 11.4. The van der Waals surface area contributed by atoms with E-state index >= 15 is 0 Å². The number of hydrogen-bond acceptors (Lipinski definition) is 3. The highest BCUT2D eigenvalue weighted by atomic mass is 35.5. The van der Waals surface area contributed by atoms with Crippen LogP contribution < -0.4 is 4.74 Å². The van der Waals surface area contributed by atoms with Crippen molar-refractivity contribution in [3.63, 3.8) is 0 Å². The van der Waals surface area contributed by atoms with Crippen LogP contribution >= 0.6 is 11.6 Å². The van der Waals surface area contributed by atoms with Gasteiger partial charge in [-0.2, -0.15) is 0 Å². The molecule has 130 valence electrons. The zero-order valence-corrected chi connectivity index (χ0v) is 15.4. The monoisotopic (exact) mass is 339 g/mol. The van der Waals surface area contributed by atoms with Gasteiger partial charge in [-0.1, -0.05) is 32.4 Å². The van der Waals surface area contributed by atoms with Gasteiger partial charge in [0, 0.05) is 24.7 Å². The smallest absolute Gasteiger partial charge is 0.119 e. The normalized spacial score (nSPS) is 22.3. The highest BCUT2D eigenvalue weighted by molar-refractivity contribution is 6.31. The van der Waals surface area contributed by atoms with Crippen LogP contribution in [0.2, 0.25) is 5.02 Å². The van der Waals surface area contributed by atoms with Gasteiger partial charge in [0.2, 0.25) is 0 Å². The van der Waals surface area contributed by atoms with Gasteiger partial charge < -0.3 is 14.4 Å². The lowest BCUT2D eigenvalue weighted by Crippen LogP contribution is -2.40. The van der Waals surface area contributed by atoms with E-state index in [-0.39, 0.29) is 0 Å². The molecule has 2 atom stereocenters. The summed E-state index contributed by atoms with van der Waals surface area (Å²) in [6.07, 6.45) is 2.27. The predicted octanol–water partition coefficient (Wildman–Crippen LogP) is 4.28. The van der Waals surface area contributed by atoms with Crippen LogP contribution in [0.1, 0.15) is 32.8 Å². The van der Waals surface area contributed by atoms with E-state index < -0.39 is 0 Å². The van der Waals surface area contributed by atoms with Crippen molar-refractivity contribution in [2.45, 2.75) is 33.6 Å². The maximum absolute atomic E-state index is 6.11. The number of hydrogen-bond donors (Lipinski definition) is 0. The van der Waals surface area contributed by atoms with Crippen molar-refractivity contribution in [1.29, 1.82) is 0 Å². The van der Waals surface area contributed by atoms with Crippen molar-refractivity contribution < 1.29 is 9.47 Å². The predicted molar refractivity (Wildman–Crippen MR) is 96.5 cm³/mol. The van der Waals surface area contributed by atoms with Crippen LogP contribution in [0.4, 0.5) is 0 Å². The Hall–Kier alpha value is -0.770. The zero-order valence-electron chi connectivity index (χ0n) is 14.7. The fraction of sp³-hybridized carbons (Fsp3) is 0.684. The van der Waals surface area contributed by atoms with Gasteiger partial charge in [0.1, 0.15) is 12.4 Å². The molecule has 0 aromatic heterocycles. The van der Waals surface area contributed by atoms with Crippen molar-refractivity contribution in [2.75, 3.05) is 39.5 Å². The van der Waals surface area contributed by atoms with Crippen molar-refractivity contribution >= 4 is 11.6 Å². The summed E-state index contributed by atoms with van der Waals surface area (Å²) in [7, 11) is 0. The molecule has 0 aliphatic carbocycles. The molecule has 1 heterocycles. The number of ether oxygens (including phenoxy) is 2. The molecular formula is C19H30ClNO2. The molecule has 1 aliphatic rings. The third kappa shape index (κ3) is 6.33. The number of benzene rings is 1. The number of rotatable bonds is 8. The summed E-state index contributed by atoms with van der Waals surface area (Å²) >= 11 is 6.11. The Balaban J connectivity index is 1.59.